The van der Waals surface area contributed by atoms with Gasteiger partial charge in [0.05, 0.1) is 5.39 Å². The van der Waals surface area contributed by atoms with Crippen LogP contribution in [0.25, 0.3) is 10.2 Å². The number of aryl methyl sites for hydroxylation is 3. The molecule has 90 valence electrons. The van der Waals surface area contributed by atoms with Crippen LogP contribution < -0.4 is 5.56 Å². The first-order valence-electron chi connectivity index (χ1n) is 5.94. The summed E-state index contributed by atoms with van der Waals surface area (Å²) in [6, 6.07) is 0. The van der Waals surface area contributed by atoms with Gasteiger partial charge in [0.1, 0.15) is 10.7 Å². The Labute approximate surface area is 102 Å². The predicted octanol–water partition coefficient (Wildman–Crippen LogP) is 1.40. The van der Waals surface area contributed by atoms with Gasteiger partial charge in [-0.3, -0.25) is 4.79 Å². The van der Waals surface area contributed by atoms with Gasteiger partial charge in [-0.25, -0.2) is 4.98 Å². The van der Waals surface area contributed by atoms with Crippen molar-refractivity contribution in [3.8, 4) is 0 Å². The average Bonchev–Trinajstić information content (AvgIpc) is 2.85. The Morgan fingerprint density at radius 1 is 1.41 bits per heavy atom. The van der Waals surface area contributed by atoms with Crippen molar-refractivity contribution in [2.45, 2.75) is 32.1 Å². The molecule has 3 rings (SSSR count). The van der Waals surface area contributed by atoms with E-state index in [0.29, 0.717) is 18.7 Å². The van der Waals surface area contributed by atoms with Crippen molar-refractivity contribution in [1.82, 2.24) is 9.97 Å². The van der Waals surface area contributed by atoms with E-state index in [4.69, 9.17) is 5.11 Å². The summed E-state index contributed by atoms with van der Waals surface area (Å²) in [6.45, 7) is 0.128. The minimum atomic E-state index is -0.0117. The highest BCUT2D eigenvalue weighted by Crippen LogP contribution is 2.34. The Balaban J connectivity index is 2.12. The third-order valence-electron chi connectivity index (χ3n) is 3.20. The summed E-state index contributed by atoms with van der Waals surface area (Å²) >= 11 is 1.65. The van der Waals surface area contributed by atoms with Crippen molar-refractivity contribution in [3.63, 3.8) is 0 Å². The lowest BCUT2D eigenvalue weighted by molar-refractivity contribution is 0.287. The van der Waals surface area contributed by atoms with Crippen molar-refractivity contribution in [2.75, 3.05) is 6.61 Å². The van der Waals surface area contributed by atoms with Crippen LogP contribution in [0, 0.1) is 0 Å². The smallest absolute Gasteiger partial charge is 0.259 e. The molecule has 0 fully saturated rings. The zero-order chi connectivity index (χ0) is 11.8. The molecule has 2 heterocycles. The third-order valence-corrected chi connectivity index (χ3v) is 4.38. The number of hydrogen-bond acceptors (Lipinski definition) is 4. The highest BCUT2D eigenvalue weighted by Gasteiger charge is 2.20. The number of H-pyrrole nitrogens is 1. The average molecular weight is 250 g/mol. The summed E-state index contributed by atoms with van der Waals surface area (Å²) in [6.07, 6.45) is 4.52. The van der Waals surface area contributed by atoms with Gasteiger partial charge >= 0.3 is 0 Å². The fourth-order valence-electron chi connectivity index (χ4n) is 2.41. The van der Waals surface area contributed by atoms with Crippen LogP contribution >= 0.6 is 11.3 Å². The zero-order valence-corrected chi connectivity index (χ0v) is 10.3. The van der Waals surface area contributed by atoms with Crippen LogP contribution in [0.2, 0.25) is 0 Å². The van der Waals surface area contributed by atoms with Crippen molar-refractivity contribution in [3.05, 3.63) is 26.6 Å². The number of fused-ring (bicyclic) bond motifs is 3. The first-order chi connectivity index (χ1) is 8.29. The van der Waals surface area contributed by atoms with E-state index in [1.165, 1.54) is 10.4 Å². The number of aliphatic hydroxyl groups is 1. The molecule has 0 amide bonds. The van der Waals surface area contributed by atoms with Crippen molar-refractivity contribution in [1.29, 1.82) is 0 Å². The summed E-state index contributed by atoms with van der Waals surface area (Å²) in [5, 5.41) is 9.59. The van der Waals surface area contributed by atoms with Crippen LogP contribution in [-0.4, -0.2) is 21.7 Å². The molecule has 1 aliphatic rings. The maximum Gasteiger partial charge on any atom is 0.259 e. The van der Waals surface area contributed by atoms with E-state index >= 15 is 0 Å². The van der Waals surface area contributed by atoms with Gasteiger partial charge in [0, 0.05) is 17.9 Å². The van der Waals surface area contributed by atoms with E-state index in [1.54, 1.807) is 11.3 Å². The number of hydrogen-bond donors (Lipinski definition) is 2. The number of aromatic nitrogens is 2. The fraction of sp³-hybridized carbons (Fsp3) is 0.500. The lowest BCUT2D eigenvalue weighted by Crippen LogP contribution is -2.12. The Morgan fingerprint density at radius 2 is 2.29 bits per heavy atom. The molecule has 0 radical (unpaired) electrons. The van der Waals surface area contributed by atoms with Crippen LogP contribution in [0.5, 0.6) is 0 Å². The number of nitrogens with zero attached hydrogens (tertiary/aromatic N) is 1. The number of rotatable bonds is 3. The minimum absolute atomic E-state index is 0.0117. The first kappa shape index (κ1) is 10.9. The molecule has 17 heavy (non-hydrogen) atoms. The molecule has 0 atom stereocenters. The van der Waals surface area contributed by atoms with Crippen LogP contribution in [0.15, 0.2) is 4.79 Å². The third kappa shape index (κ3) is 1.79. The molecule has 0 bridgehead atoms. The molecule has 2 aromatic rings. The summed E-state index contributed by atoms with van der Waals surface area (Å²) in [5.41, 5.74) is 1.20. The maximum atomic E-state index is 12.0. The molecule has 2 aromatic heterocycles. The summed E-state index contributed by atoms with van der Waals surface area (Å²) in [4.78, 5) is 21.5. The molecule has 1 aliphatic carbocycles. The Hall–Kier alpha value is -1.20. The number of aromatic amines is 1. The Kier molecular flexibility index (Phi) is 2.72. The highest BCUT2D eigenvalue weighted by molar-refractivity contribution is 7.18. The molecule has 2 N–H and O–H groups in total. The first-order valence-corrected chi connectivity index (χ1v) is 6.75. The van der Waals surface area contributed by atoms with E-state index < -0.39 is 0 Å². The van der Waals surface area contributed by atoms with Gasteiger partial charge in [-0.1, -0.05) is 0 Å². The SMILES string of the molecule is O=c1[nH]c(CCCO)nc2sc3c(c12)CCC3. The van der Waals surface area contributed by atoms with E-state index in [0.717, 1.165) is 29.5 Å². The van der Waals surface area contributed by atoms with E-state index in [-0.39, 0.29) is 12.2 Å². The number of aliphatic hydroxyl groups excluding tert-OH is 1. The van der Waals surface area contributed by atoms with Gasteiger partial charge in [0.15, 0.2) is 0 Å². The summed E-state index contributed by atoms with van der Waals surface area (Å²) in [7, 11) is 0. The molecular formula is C12H14N2O2S. The normalized spacial score (nSPS) is 14.4. The second-order valence-corrected chi connectivity index (χ2v) is 5.46. The van der Waals surface area contributed by atoms with Gasteiger partial charge in [-0.2, -0.15) is 0 Å². The monoisotopic (exact) mass is 250 g/mol. The van der Waals surface area contributed by atoms with E-state index in [1.807, 2.05) is 0 Å². The minimum Gasteiger partial charge on any atom is -0.396 e. The van der Waals surface area contributed by atoms with Crippen LogP contribution in [0.4, 0.5) is 0 Å². The second kappa shape index (κ2) is 4.23. The Morgan fingerprint density at radius 3 is 3.12 bits per heavy atom. The molecule has 0 saturated heterocycles. The van der Waals surface area contributed by atoms with Crippen molar-refractivity contribution in [2.24, 2.45) is 0 Å². The number of nitrogens with one attached hydrogen (secondary N) is 1. The van der Waals surface area contributed by atoms with Crippen LogP contribution in [0.3, 0.4) is 0 Å². The Bertz CT molecular complexity index is 615. The van der Waals surface area contributed by atoms with E-state index in [2.05, 4.69) is 9.97 Å². The van der Waals surface area contributed by atoms with Gasteiger partial charge < -0.3 is 10.1 Å². The topological polar surface area (TPSA) is 66.0 Å². The maximum absolute atomic E-state index is 12.0. The van der Waals surface area contributed by atoms with Gasteiger partial charge in [0.2, 0.25) is 0 Å². The molecule has 0 saturated carbocycles. The number of thiophene rings is 1. The molecular weight excluding hydrogens is 236 g/mol. The molecule has 5 heteroatoms. The van der Waals surface area contributed by atoms with Crippen molar-refractivity contribution >= 4 is 21.6 Å². The van der Waals surface area contributed by atoms with Gasteiger partial charge in [0.25, 0.3) is 5.56 Å². The van der Waals surface area contributed by atoms with E-state index in [9.17, 15) is 4.79 Å². The highest BCUT2D eigenvalue weighted by atomic mass is 32.1. The quantitative estimate of drug-likeness (QED) is 0.865. The van der Waals surface area contributed by atoms with Crippen LogP contribution in [-0.2, 0) is 19.3 Å². The summed E-state index contributed by atoms with van der Waals surface area (Å²) < 4.78 is 0. The second-order valence-electron chi connectivity index (χ2n) is 4.38. The van der Waals surface area contributed by atoms with Crippen molar-refractivity contribution < 1.29 is 5.11 Å². The standard InChI is InChI=1S/C12H14N2O2S/c15-6-2-5-9-13-11(16)10-7-3-1-4-8(7)17-12(10)14-9/h15H,1-6H2,(H,13,14,16). The molecule has 0 aromatic carbocycles. The lowest BCUT2D eigenvalue weighted by Gasteiger charge is -1.99. The fourth-order valence-corrected chi connectivity index (χ4v) is 3.69. The van der Waals surface area contributed by atoms with Crippen LogP contribution in [0.1, 0.15) is 29.1 Å². The largest absolute Gasteiger partial charge is 0.396 e. The van der Waals surface area contributed by atoms with Gasteiger partial charge in [-0.15, -0.1) is 11.3 Å². The summed E-state index contributed by atoms with van der Waals surface area (Å²) in [5.74, 6) is 0.691. The molecule has 0 unspecified atom stereocenters. The molecule has 0 spiro atoms. The molecule has 4 nitrogen and oxygen atoms in total. The molecule has 0 aliphatic heterocycles. The lowest BCUT2D eigenvalue weighted by atomic mass is 10.2. The predicted molar refractivity (Wildman–Crippen MR) is 67.7 cm³/mol. The zero-order valence-electron chi connectivity index (χ0n) is 9.45. The van der Waals surface area contributed by atoms with Gasteiger partial charge in [-0.05, 0) is 31.2 Å².